The fourth-order valence-corrected chi connectivity index (χ4v) is 2.96. The summed E-state index contributed by atoms with van der Waals surface area (Å²) in [6.07, 6.45) is 0. The standard InChI is InChI=1S/C15H11F2NS/c16-12-5-3-6-13(15(12)17)18-8-10-9-19-14-7-2-1-4-11(10)14/h1-7,9,18H,8H2. The highest BCUT2D eigenvalue weighted by molar-refractivity contribution is 7.17. The van der Waals surface area contributed by atoms with Gasteiger partial charge in [-0.1, -0.05) is 24.3 Å². The normalized spacial score (nSPS) is 10.8. The van der Waals surface area contributed by atoms with E-state index in [4.69, 9.17) is 0 Å². The Labute approximate surface area is 113 Å². The highest BCUT2D eigenvalue weighted by Crippen LogP contribution is 2.26. The molecule has 2 aromatic carbocycles. The van der Waals surface area contributed by atoms with Gasteiger partial charge in [0.25, 0.3) is 0 Å². The summed E-state index contributed by atoms with van der Waals surface area (Å²) in [5.41, 5.74) is 1.28. The van der Waals surface area contributed by atoms with Crippen LogP contribution >= 0.6 is 11.3 Å². The van der Waals surface area contributed by atoms with Crippen LogP contribution in [0, 0.1) is 11.6 Å². The van der Waals surface area contributed by atoms with Crippen molar-refractivity contribution in [3.05, 3.63) is 65.0 Å². The van der Waals surface area contributed by atoms with E-state index in [1.54, 1.807) is 11.3 Å². The van der Waals surface area contributed by atoms with Gasteiger partial charge in [-0.15, -0.1) is 11.3 Å². The molecule has 3 aromatic rings. The number of halogens is 2. The van der Waals surface area contributed by atoms with Gasteiger partial charge in [-0.25, -0.2) is 8.78 Å². The van der Waals surface area contributed by atoms with Crippen LogP contribution in [0.2, 0.25) is 0 Å². The molecule has 0 saturated heterocycles. The maximum absolute atomic E-state index is 13.5. The number of nitrogens with one attached hydrogen (secondary N) is 1. The minimum Gasteiger partial charge on any atom is -0.378 e. The minimum absolute atomic E-state index is 0.190. The van der Waals surface area contributed by atoms with Crippen LogP contribution in [0.1, 0.15) is 5.56 Å². The molecule has 0 fully saturated rings. The smallest absolute Gasteiger partial charge is 0.181 e. The van der Waals surface area contributed by atoms with Crippen molar-refractivity contribution in [1.82, 2.24) is 0 Å². The van der Waals surface area contributed by atoms with Crippen LogP contribution < -0.4 is 5.32 Å². The Bertz CT molecular complexity index is 721. The molecule has 0 unspecified atom stereocenters. The molecule has 3 rings (SSSR count). The molecule has 0 aliphatic heterocycles. The SMILES string of the molecule is Fc1cccc(NCc2csc3ccccc23)c1F. The van der Waals surface area contributed by atoms with E-state index in [-0.39, 0.29) is 5.69 Å². The molecule has 1 aromatic heterocycles. The molecule has 19 heavy (non-hydrogen) atoms. The number of hydrogen-bond acceptors (Lipinski definition) is 2. The van der Waals surface area contributed by atoms with E-state index in [9.17, 15) is 8.78 Å². The van der Waals surface area contributed by atoms with Crippen LogP contribution in [0.25, 0.3) is 10.1 Å². The molecule has 0 aliphatic rings. The molecule has 1 nitrogen and oxygen atoms in total. The molecule has 0 atom stereocenters. The molecule has 0 bridgehead atoms. The second-order valence-corrected chi connectivity index (χ2v) is 5.12. The van der Waals surface area contributed by atoms with Crippen molar-refractivity contribution in [3.8, 4) is 0 Å². The minimum atomic E-state index is -0.833. The van der Waals surface area contributed by atoms with Crippen molar-refractivity contribution in [3.63, 3.8) is 0 Å². The molecule has 0 spiro atoms. The Morgan fingerprint density at radius 3 is 2.74 bits per heavy atom. The first-order chi connectivity index (χ1) is 9.25. The highest BCUT2D eigenvalue weighted by Gasteiger charge is 2.08. The molecule has 0 amide bonds. The second kappa shape index (κ2) is 4.97. The lowest BCUT2D eigenvalue weighted by Crippen LogP contribution is -2.02. The fourth-order valence-electron chi connectivity index (χ4n) is 2.00. The number of thiophene rings is 1. The van der Waals surface area contributed by atoms with Gasteiger partial charge in [0.2, 0.25) is 0 Å². The van der Waals surface area contributed by atoms with Crippen LogP contribution in [0.5, 0.6) is 0 Å². The summed E-state index contributed by atoms with van der Waals surface area (Å²) in [7, 11) is 0. The predicted octanol–water partition coefficient (Wildman–Crippen LogP) is 4.79. The number of rotatable bonds is 3. The van der Waals surface area contributed by atoms with Crippen LogP contribution in [0.4, 0.5) is 14.5 Å². The van der Waals surface area contributed by atoms with E-state index in [2.05, 4.69) is 5.32 Å². The third-order valence-electron chi connectivity index (χ3n) is 2.98. The van der Waals surface area contributed by atoms with Crippen molar-refractivity contribution in [2.45, 2.75) is 6.54 Å². The molecule has 1 heterocycles. The van der Waals surface area contributed by atoms with Gasteiger partial charge in [-0.2, -0.15) is 0 Å². The van der Waals surface area contributed by atoms with Crippen LogP contribution in [0.3, 0.4) is 0 Å². The van der Waals surface area contributed by atoms with E-state index < -0.39 is 11.6 Å². The van der Waals surface area contributed by atoms with E-state index in [0.29, 0.717) is 6.54 Å². The summed E-state index contributed by atoms with van der Waals surface area (Å²) < 4.78 is 27.8. The molecular weight excluding hydrogens is 264 g/mol. The zero-order valence-corrected chi connectivity index (χ0v) is 10.8. The number of fused-ring (bicyclic) bond motifs is 1. The van der Waals surface area contributed by atoms with E-state index in [1.807, 2.05) is 29.6 Å². The molecule has 1 N–H and O–H groups in total. The van der Waals surface area contributed by atoms with Crippen LogP contribution in [-0.2, 0) is 6.54 Å². The summed E-state index contributed by atoms with van der Waals surface area (Å²) >= 11 is 1.65. The summed E-state index contributed by atoms with van der Waals surface area (Å²) in [6.45, 7) is 0.477. The first-order valence-corrected chi connectivity index (χ1v) is 6.76. The summed E-state index contributed by atoms with van der Waals surface area (Å²) in [5, 5.41) is 6.13. The molecule has 0 saturated carbocycles. The maximum atomic E-state index is 13.5. The Hall–Kier alpha value is -1.94. The lowest BCUT2D eigenvalue weighted by molar-refractivity contribution is 0.511. The lowest BCUT2D eigenvalue weighted by Gasteiger charge is -2.07. The molecule has 4 heteroatoms. The second-order valence-electron chi connectivity index (χ2n) is 4.21. The number of anilines is 1. The largest absolute Gasteiger partial charge is 0.378 e. The van der Waals surface area contributed by atoms with Gasteiger partial charge >= 0.3 is 0 Å². The topological polar surface area (TPSA) is 12.0 Å². The first kappa shape index (κ1) is 12.1. The average Bonchev–Trinajstić information content (AvgIpc) is 2.84. The zero-order valence-electron chi connectivity index (χ0n) is 9.99. The quantitative estimate of drug-likeness (QED) is 0.724. The van der Waals surface area contributed by atoms with Gasteiger partial charge in [0, 0.05) is 11.2 Å². The van der Waals surface area contributed by atoms with E-state index in [1.165, 1.54) is 16.8 Å². The Balaban J connectivity index is 1.84. The van der Waals surface area contributed by atoms with E-state index in [0.717, 1.165) is 17.0 Å². The fraction of sp³-hybridized carbons (Fsp3) is 0.0667. The maximum Gasteiger partial charge on any atom is 0.181 e. The third-order valence-corrected chi connectivity index (χ3v) is 3.99. The predicted molar refractivity (Wildman–Crippen MR) is 75.5 cm³/mol. The van der Waals surface area contributed by atoms with E-state index >= 15 is 0 Å². The van der Waals surface area contributed by atoms with Crippen molar-refractivity contribution in [2.75, 3.05) is 5.32 Å². The van der Waals surface area contributed by atoms with Gasteiger partial charge in [-0.3, -0.25) is 0 Å². The van der Waals surface area contributed by atoms with Gasteiger partial charge in [-0.05, 0) is 34.5 Å². The molecule has 0 radical (unpaired) electrons. The molecular formula is C15H11F2NS. The van der Waals surface area contributed by atoms with Gasteiger partial charge in [0.15, 0.2) is 11.6 Å². The van der Waals surface area contributed by atoms with Crippen LogP contribution in [0.15, 0.2) is 47.8 Å². The van der Waals surface area contributed by atoms with Gasteiger partial charge in [0.1, 0.15) is 0 Å². The summed E-state index contributed by atoms with van der Waals surface area (Å²) in [4.78, 5) is 0. The van der Waals surface area contributed by atoms with Gasteiger partial charge < -0.3 is 5.32 Å². The Kier molecular flexibility index (Phi) is 3.17. The monoisotopic (exact) mass is 275 g/mol. The first-order valence-electron chi connectivity index (χ1n) is 5.88. The Morgan fingerprint density at radius 2 is 1.84 bits per heavy atom. The zero-order chi connectivity index (χ0) is 13.2. The Morgan fingerprint density at radius 1 is 1.00 bits per heavy atom. The molecule has 96 valence electrons. The van der Waals surface area contributed by atoms with Crippen molar-refractivity contribution in [1.29, 1.82) is 0 Å². The number of benzene rings is 2. The number of hydrogen-bond donors (Lipinski definition) is 1. The van der Waals surface area contributed by atoms with Crippen molar-refractivity contribution < 1.29 is 8.78 Å². The summed E-state index contributed by atoms with van der Waals surface area (Å²) in [5.74, 6) is -1.66. The van der Waals surface area contributed by atoms with Crippen molar-refractivity contribution in [2.24, 2.45) is 0 Å². The van der Waals surface area contributed by atoms with Crippen molar-refractivity contribution >= 4 is 27.1 Å². The average molecular weight is 275 g/mol. The lowest BCUT2D eigenvalue weighted by atomic mass is 10.2. The highest BCUT2D eigenvalue weighted by atomic mass is 32.1. The van der Waals surface area contributed by atoms with Crippen LogP contribution in [-0.4, -0.2) is 0 Å². The van der Waals surface area contributed by atoms with Gasteiger partial charge in [0.05, 0.1) is 5.69 Å². The summed E-state index contributed by atoms with van der Waals surface area (Å²) in [6, 6.07) is 12.2. The third kappa shape index (κ3) is 2.31. The molecule has 0 aliphatic carbocycles.